The van der Waals surface area contributed by atoms with Gasteiger partial charge in [0.25, 0.3) is 5.91 Å². The highest BCUT2D eigenvalue weighted by atomic mass is 19.3. The number of pyridine rings is 1. The van der Waals surface area contributed by atoms with Crippen molar-refractivity contribution in [3.05, 3.63) is 77.7 Å². The number of carbonyl (C=O) groups excluding carboxylic acids is 1. The number of halogens is 3. The predicted molar refractivity (Wildman–Crippen MR) is 134 cm³/mol. The highest BCUT2D eigenvalue weighted by molar-refractivity contribution is 5.85. The Bertz CT molecular complexity index is 1270. The van der Waals surface area contributed by atoms with E-state index in [0.717, 1.165) is 18.9 Å². The lowest BCUT2D eigenvalue weighted by Crippen LogP contribution is -2.51. The fourth-order valence-corrected chi connectivity index (χ4v) is 4.78. The molecular weight excluding hydrogens is 499 g/mol. The Morgan fingerprint density at radius 2 is 1.82 bits per heavy atom. The molecule has 1 saturated heterocycles. The molecule has 2 atom stereocenters. The summed E-state index contributed by atoms with van der Waals surface area (Å²) in [7, 11) is 0. The standard InChI is InChI=1S/C28H28F3N3O4/c29-21-15-19(16-24-26(21)38-14-13-37-24)25(35)23(17-34-11-3-4-12-34)33-27(36)28(30,31)20-8-6-18(7-9-20)22-5-1-2-10-32-22/h1-2,5-10,15-16,23,25,35H,3-4,11-14,17H2,(H,33,36). The zero-order valence-electron chi connectivity index (χ0n) is 20.6. The second-order valence-corrected chi connectivity index (χ2v) is 9.43. The van der Waals surface area contributed by atoms with Gasteiger partial charge in [-0.2, -0.15) is 8.78 Å². The Hall–Kier alpha value is -3.63. The van der Waals surface area contributed by atoms with Crippen molar-refractivity contribution < 1.29 is 32.5 Å². The first-order valence-electron chi connectivity index (χ1n) is 12.5. The topological polar surface area (TPSA) is 83.9 Å². The van der Waals surface area contributed by atoms with E-state index >= 15 is 8.78 Å². The highest BCUT2D eigenvalue weighted by Gasteiger charge is 2.43. The van der Waals surface area contributed by atoms with Crippen LogP contribution in [0.2, 0.25) is 0 Å². The third kappa shape index (κ3) is 5.46. The number of ether oxygens (including phenoxy) is 2. The van der Waals surface area contributed by atoms with E-state index in [4.69, 9.17) is 9.47 Å². The molecule has 1 fully saturated rings. The average molecular weight is 528 g/mol. The first kappa shape index (κ1) is 26.0. The summed E-state index contributed by atoms with van der Waals surface area (Å²) in [5, 5.41) is 13.5. The number of amides is 1. The van der Waals surface area contributed by atoms with E-state index < -0.39 is 35.4 Å². The van der Waals surface area contributed by atoms with Gasteiger partial charge in [0.15, 0.2) is 17.3 Å². The van der Waals surface area contributed by atoms with Crippen LogP contribution in [-0.2, 0) is 10.7 Å². The first-order valence-corrected chi connectivity index (χ1v) is 12.5. The number of aliphatic hydroxyl groups is 1. The molecule has 5 rings (SSSR count). The number of aromatic nitrogens is 1. The lowest BCUT2D eigenvalue weighted by atomic mass is 9.99. The third-order valence-corrected chi connectivity index (χ3v) is 6.81. The average Bonchev–Trinajstić information content (AvgIpc) is 3.46. The minimum absolute atomic E-state index is 0.0620. The minimum atomic E-state index is -3.87. The van der Waals surface area contributed by atoms with E-state index in [1.54, 1.807) is 24.4 Å². The molecule has 2 N–H and O–H groups in total. The van der Waals surface area contributed by atoms with E-state index in [9.17, 15) is 14.3 Å². The molecule has 0 spiro atoms. The molecule has 2 aromatic carbocycles. The number of rotatable bonds is 8. The quantitative estimate of drug-likeness (QED) is 0.460. The molecule has 200 valence electrons. The van der Waals surface area contributed by atoms with Gasteiger partial charge in [-0.1, -0.05) is 30.3 Å². The van der Waals surface area contributed by atoms with Gasteiger partial charge in [-0.3, -0.25) is 9.78 Å². The number of nitrogens with zero attached hydrogens (tertiary/aromatic N) is 2. The monoisotopic (exact) mass is 527 g/mol. The normalized spacial score (nSPS) is 17.2. The SMILES string of the molecule is O=C(NC(CN1CCCC1)C(O)c1cc(F)c2c(c1)OCCO2)C(F)(F)c1ccc(-c2ccccn2)cc1. The Morgan fingerprint density at radius 1 is 1.08 bits per heavy atom. The molecule has 3 heterocycles. The van der Waals surface area contributed by atoms with Crippen LogP contribution in [0.1, 0.15) is 30.1 Å². The Balaban J connectivity index is 1.37. The van der Waals surface area contributed by atoms with Crippen molar-refractivity contribution in [2.24, 2.45) is 0 Å². The van der Waals surface area contributed by atoms with Crippen molar-refractivity contribution in [1.82, 2.24) is 15.2 Å². The third-order valence-electron chi connectivity index (χ3n) is 6.81. The van der Waals surface area contributed by atoms with Gasteiger partial charge in [0.05, 0.1) is 11.7 Å². The zero-order valence-corrected chi connectivity index (χ0v) is 20.6. The van der Waals surface area contributed by atoms with Gasteiger partial charge in [0, 0.05) is 23.9 Å². The molecule has 2 unspecified atom stereocenters. The van der Waals surface area contributed by atoms with Crippen molar-refractivity contribution in [3.8, 4) is 22.8 Å². The predicted octanol–water partition coefficient (Wildman–Crippen LogP) is 4.06. The van der Waals surface area contributed by atoms with Gasteiger partial charge < -0.3 is 24.8 Å². The van der Waals surface area contributed by atoms with Crippen molar-refractivity contribution in [1.29, 1.82) is 0 Å². The van der Waals surface area contributed by atoms with Crippen LogP contribution in [0.3, 0.4) is 0 Å². The molecule has 0 saturated carbocycles. The van der Waals surface area contributed by atoms with Crippen LogP contribution in [0, 0.1) is 5.82 Å². The fraction of sp³-hybridized carbons (Fsp3) is 0.357. The number of carbonyl (C=O) groups is 1. The van der Waals surface area contributed by atoms with E-state index in [0.29, 0.717) is 24.3 Å². The lowest BCUT2D eigenvalue weighted by Gasteiger charge is -2.30. The molecule has 0 aliphatic carbocycles. The van der Waals surface area contributed by atoms with Crippen LogP contribution in [0.5, 0.6) is 11.5 Å². The molecule has 2 aliphatic heterocycles. The van der Waals surface area contributed by atoms with Crippen LogP contribution < -0.4 is 14.8 Å². The van der Waals surface area contributed by atoms with Crippen molar-refractivity contribution in [3.63, 3.8) is 0 Å². The van der Waals surface area contributed by atoms with Crippen LogP contribution >= 0.6 is 0 Å². The van der Waals surface area contributed by atoms with Gasteiger partial charge in [0.2, 0.25) is 0 Å². The Kier molecular flexibility index (Phi) is 7.53. The summed E-state index contributed by atoms with van der Waals surface area (Å²) >= 11 is 0. The lowest BCUT2D eigenvalue weighted by molar-refractivity contribution is -0.149. The first-order chi connectivity index (χ1) is 18.3. The molecule has 2 aliphatic rings. The number of hydrogen-bond acceptors (Lipinski definition) is 6. The van der Waals surface area contributed by atoms with Gasteiger partial charge >= 0.3 is 5.92 Å². The zero-order chi connectivity index (χ0) is 26.7. The van der Waals surface area contributed by atoms with Crippen molar-refractivity contribution >= 4 is 5.91 Å². The maximum Gasteiger partial charge on any atom is 0.349 e. The summed E-state index contributed by atoms with van der Waals surface area (Å²) in [6.45, 7) is 1.94. The smallest absolute Gasteiger partial charge is 0.349 e. The summed E-state index contributed by atoms with van der Waals surface area (Å²) in [6, 6.07) is 12.0. The van der Waals surface area contributed by atoms with Gasteiger partial charge in [0.1, 0.15) is 19.3 Å². The van der Waals surface area contributed by atoms with E-state index in [1.165, 1.54) is 30.3 Å². The van der Waals surface area contributed by atoms with Crippen molar-refractivity contribution in [2.45, 2.75) is 30.9 Å². The summed E-state index contributed by atoms with van der Waals surface area (Å²) in [6.07, 6.45) is 1.99. The molecule has 3 aromatic rings. The summed E-state index contributed by atoms with van der Waals surface area (Å²) in [5.74, 6) is -6.10. The van der Waals surface area contributed by atoms with Gasteiger partial charge in [-0.25, -0.2) is 4.39 Å². The van der Waals surface area contributed by atoms with Crippen molar-refractivity contribution in [2.75, 3.05) is 32.8 Å². The van der Waals surface area contributed by atoms with Crippen LogP contribution in [0.25, 0.3) is 11.3 Å². The molecule has 38 heavy (non-hydrogen) atoms. The number of alkyl halides is 2. The fourth-order valence-electron chi connectivity index (χ4n) is 4.78. The van der Waals surface area contributed by atoms with Gasteiger partial charge in [-0.05, 0) is 55.8 Å². The van der Waals surface area contributed by atoms with Crippen LogP contribution in [-0.4, -0.2) is 59.8 Å². The molecule has 1 amide bonds. The second-order valence-electron chi connectivity index (χ2n) is 9.43. The number of likely N-dealkylation sites (tertiary alicyclic amines) is 1. The number of hydrogen-bond donors (Lipinski definition) is 2. The molecular formula is C28H28F3N3O4. The maximum atomic E-state index is 15.3. The van der Waals surface area contributed by atoms with E-state index in [2.05, 4.69) is 10.3 Å². The summed E-state index contributed by atoms with van der Waals surface area (Å²) < 4.78 is 56.0. The van der Waals surface area contributed by atoms with E-state index in [-0.39, 0.29) is 36.8 Å². The van der Waals surface area contributed by atoms with Crippen LogP contribution in [0.15, 0.2) is 60.8 Å². The van der Waals surface area contributed by atoms with Crippen LogP contribution in [0.4, 0.5) is 13.2 Å². The van der Waals surface area contributed by atoms with Gasteiger partial charge in [-0.15, -0.1) is 0 Å². The minimum Gasteiger partial charge on any atom is -0.486 e. The number of nitrogens with one attached hydrogen (secondary N) is 1. The number of aliphatic hydroxyl groups excluding tert-OH is 1. The van der Waals surface area contributed by atoms with E-state index in [1.807, 2.05) is 4.90 Å². The Morgan fingerprint density at radius 3 is 2.53 bits per heavy atom. The molecule has 1 aromatic heterocycles. The number of benzene rings is 2. The largest absolute Gasteiger partial charge is 0.486 e. The summed E-state index contributed by atoms with van der Waals surface area (Å²) in [4.78, 5) is 19.1. The molecule has 7 nitrogen and oxygen atoms in total. The highest BCUT2D eigenvalue weighted by Crippen LogP contribution is 2.37. The summed E-state index contributed by atoms with van der Waals surface area (Å²) in [5.41, 5.74) is 0.856. The number of fused-ring (bicyclic) bond motifs is 1. The Labute approximate surface area is 218 Å². The second kappa shape index (κ2) is 11.0. The maximum absolute atomic E-state index is 15.3. The molecule has 10 heteroatoms. The molecule has 0 radical (unpaired) electrons. The molecule has 0 bridgehead atoms.